The number of ether oxygens (including phenoxy) is 3. The predicted molar refractivity (Wildman–Crippen MR) is 125 cm³/mol. The van der Waals surface area contributed by atoms with Crippen molar-refractivity contribution in [3.8, 4) is 17.2 Å². The van der Waals surface area contributed by atoms with Gasteiger partial charge in [0, 0.05) is 23.7 Å². The van der Waals surface area contributed by atoms with Crippen molar-refractivity contribution in [3.05, 3.63) is 82.1 Å². The molecule has 0 atom stereocenters. The third-order valence-electron chi connectivity index (χ3n) is 4.91. The van der Waals surface area contributed by atoms with Crippen molar-refractivity contribution in [2.45, 2.75) is 12.8 Å². The zero-order valence-electron chi connectivity index (χ0n) is 17.0. The number of hydrogen-bond acceptors (Lipinski definition) is 5. The number of anilines is 1. The van der Waals surface area contributed by atoms with Crippen molar-refractivity contribution in [1.29, 1.82) is 0 Å². The van der Waals surface area contributed by atoms with Crippen molar-refractivity contribution >= 4 is 34.6 Å². The van der Waals surface area contributed by atoms with Gasteiger partial charge in [0.05, 0.1) is 29.4 Å². The molecule has 1 aliphatic rings. The number of aryl methyl sites for hydroxylation is 1. The molecule has 3 aromatic rings. The molecule has 0 amide bonds. The lowest BCUT2D eigenvalue weighted by atomic mass is 10.1. The van der Waals surface area contributed by atoms with Crippen LogP contribution >= 0.6 is 23.2 Å². The highest BCUT2D eigenvalue weighted by Gasteiger charge is 2.23. The van der Waals surface area contributed by atoms with Crippen molar-refractivity contribution in [2.75, 3.05) is 25.6 Å². The fourth-order valence-electron chi connectivity index (χ4n) is 3.39. The highest BCUT2D eigenvalue weighted by Crippen LogP contribution is 2.45. The summed E-state index contributed by atoms with van der Waals surface area (Å²) in [7, 11) is 1.62. The third-order valence-corrected chi connectivity index (χ3v) is 5.49. The molecule has 4 rings (SSSR count). The SMILES string of the molecule is COc1ccc2c(c1OCCCc1ccccc1)OCC=C2Nc1c(Cl)cncc1Cl. The molecule has 0 bridgehead atoms. The van der Waals surface area contributed by atoms with Gasteiger partial charge in [0.25, 0.3) is 0 Å². The number of hydrogen-bond donors (Lipinski definition) is 1. The Morgan fingerprint density at radius 3 is 2.58 bits per heavy atom. The standard InChI is InChI=1S/C24H22Cl2N2O3/c1-29-21-10-9-17-20(28-22-18(25)14-27-15-19(22)26)11-13-31-23(17)24(21)30-12-5-8-16-6-3-2-4-7-16/h2-4,6-7,9-11,14-15H,5,8,12-13H2,1H3,(H,27,28). The molecule has 1 N–H and O–H groups in total. The summed E-state index contributed by atoms with van der Waals surface area (Å²) in [5.41, 5.74) is 3.55. The van der Waals surface area contributed by atoms with Gasteiger partial charge in [0.15, 0.2) is 11.5 Å². The number of benzene rings is 2. The van der Waals surface area contributed by atoms with Gasteiger partial charge in [-0.15, -0.1) is 0 Å². The van der Waals surface area contributed by atoms with Gasteiger partial charge in [0.2, 0.25) is 5.75 Å². The summed E-state index contributed by atoms with van der Waals surface area (Å²) in [6.07, 6.45) is 6.84. The largest absolute Gasteiger partial charge is 0.493 e. The highest BCUT2D eigenvalue weighted by molar-refractivity contribution is 6.39. The van der Waals surface area contributed by atoms with E-state index >= 15 is 0 Å². The maximum absolute atomic E-state index is 6.28. The number of nitrogens with one attached hydrogen (secondary N) is 1. The first-order chi connectivity index (χ1) is 15.2. The Balaban J connectivity index is 1.54. The van der Waals surface area contributed by atoms with E-state index in [4.69, 9.17) is 37.4 Å². The van der Waals surface area contributed by atoms with Crippen LogP contribution in [0.5, 0.6) is 17.2 Å². The second-order valence-corrected chi connectivity index (χ2v) is 7.76. The molecule has 0 saturated carbocycles. The van der Waals surface area contributed by atoms with E-state index in [1.54, 1.807) is 19.5 Å². The lowest BCUT2D eigenvalue weighted by molar-refractivity contribution is 0.262. The van der Waals surface area contributed by atoms with Crippen LogP contribution in [0.1, 0.15) is 17.5 Å². The Hall–Kier alpha value is -2.89. The van der Waals surface area contributed by atoms with Gasteiger partial charge in [-0.05, 0) is 36.6 Å². The summed E-state index contributed by atoms with van der Waals surface area (Å²) in [4.78, 5) is 4.00. The van der Waals surface area contributed by atoms with E-state index < -0.39 is 0 Å². The maximum atomic E-state index is 6.28. The Morgan fingerprint density at radius 1 is 1.06 bits per heavy atom. The van der Waals surface area contributed by atoms with Crippen LogP contribution < -0.4 is 19.5 Å². The molecule has 0 radical (unpaired) electrons. The Bertz CT molecular complexity index is 1070. The summed E-state index contributed by atoms with van der Waals surface area (Å²) < 4.78 is 17.6. The zero-order chi connectivity index (χ0) is 21.6. The lowest BCUT2D eigenvalue weighted by Crippen LogP contribution is -2.13. The quantitative estimate of drug-likeness (QED) is 0.405. The maximum Gasteiger partial charge on any atom is 0.204 e. The van der Waals surface area contributed by atoms with Gasteiger partial charge in [-0.3, -0.25) is 4.98 Å². The number of halogens is 2. The summed E-state index contributed by atoms with van der Waals surface area (Å²) in [6, 6.07) is 14.1. The van der Waals surface area contributed by atoms with Gasteiger partial charge >= 0.3 is 0 Å². The first-order valence-electron chi connectivity index (χ1n) is 9.94. The van der Waals surface area contributed by atoms with Crippen LogP contribution in [0.2, 0.25) is 10.0 Å². The van der Waals surface area contributed by atoms with Crippen LogP contribution in [0.3, 0.4) is 0 Å². The van der Waals surface area contributed by atoms with Crippen molar-refractivity contribution in [1.82, 2.24) is 4.98 Å². The molecule has 2 aromatic carbocycles. The van der Waals surface area contributed by atoms with Gasteiger partial charge in [-0.25, -0.2) is 0 Å². The van der Waals surface area contributed by atoms with Gasteiger partial charge < -0.3 is 19.5 Å². The van der Waals surface area contributed by atoms with Crippen molar-refractivity contribution in [3.63, 3.8) is 0 Å². The average Bonchev–Trinajstić information content (AvgIpc) is 2.80. The number of fused-ring (bicyclic) bond motifs is 1. The smallest absolute Gasteiger partial charge is 0.204 e. The second-order valence-electron chi connectivity index (χ2n) is 6.94. The number of aromatic nitrogens is 1. The molecule has 0 saturated heterocycles. The number of methoxy groups -OCH3 is 1. The van der Waals surface area contributed by atoms with E-state index in [-0.39, 0.29) is 0 Å². The predicted octanol–water partition coefficient (Wildman–Crippen LogP) is 6.25. The first kappa shape index (κ1) is 21.3. The third kappa shape index (κ3) is 4.89. The molecular formula is C24H22Cl2N2O3. The normalized spacial score (nSPS) is 12.4. The molecule has 1 aliphatic heterocycles. The van der Waals surface area contributed by atoms with Gasteiger partial charge in [-0.2, -0.15) is 0 Å². The molecule has 7 heteroatoms. The minimum atomic E-state index is 0.378. The van der Waals surface area contributed by atoms with Crippen LogP contribution in [-0.4, -0.2) is 25.3 Å². The molecule has 0 aliphatic carbocycles. The molecule has 160 valence electrons. The van der Waals surface area contributed by atoms with Crippen LogP contribution in [-0.2, 0) is 6.42 Å². The fourth-order valence-corrected chi connectivity index (χ4v) is 3.85. The van der Waals surface area contributed by atoms with Gasteiger partial charge in [0.1, 0.15) is 6.61 Å². The summed E-state index contributed by atoms with van der Waals surface area (Å²) in [6.45, 7) is 0.919. The molecule has 2 heterocycles. The summed E-state index contributed by atoms with van der Waals surface area (Å²) >= 11 is 12.6. The van der Waals surface area contributed by atoms with E-state index in [0.29, 0.717) is 46.2 Å². The first-order valence-corrected chi connectivity index (χ1v) is 10.7. The lowest BCUT2D eigenvalue weighted by Gasteiger charge is -2.24. The molecule has 0 spiro atoms. The van der Waals surface area contributed by atoms with E-state index in [2.05, 4.69) is 22.4 Å². The Labute approximate surface area is 191 Å². The minimum Gasteiger partial charge on any atom is -0.493 e. The fraction of sp³-hybridized carbons (Fsp3) is 0.208. The number of rotatable bonds is 8. The summed E-state index contributed by atoms with van der Waals surface area (Å²) in [5.74, 6) is 1.84. The Morgan fingerprint density at radius 2 is 1.84 bits per heavy atom. The van der Waals surface area contributed by atoms with Crippen LogP contribution in [0.25, 0.3) is 5.70 Å². The molecule has 1 aromatic heterocycles. The number of pyridine rings is 1. The molecule has 0 unspecified atom stereocenters. The van der Waals surface area contributed by atoms with Crippen LogP contribution in [0.15, 0.2) is 60.9 Å². The zero-order valence-corrected chi connectivity index (χ0v) is 18.5. The minimum absolute atomic E-state index is 0.378. The number of nitrogens with zero attached hydrogens (tertiary/aromatic N) is 1. The highest BCUT2D eigenvalue weighted by atomic mass is 35.5. The van der Waals surface area contributed by atoms with E-state index in [1.165, 1.54) is 5.56 Å². The monoisotopic (exact) mass is 456 g/mol. The van der Waals surface area contributed by atoms with E-state index in [0.717, 1.165) is 24.1 Å². The topological polar surface area (TPSA) is 52.6 Å². The van der Waals surface area contributed by atoms with Crippen molar-refractivity contribution < 1.29 is 14.2 Å². The summed E-state index contributed by atoms with van der Waals surface area (Å²) in [5, 5.41) is 4.18. The Kier molecular flexibility index (Phi) is 6.85. The van der Waals surface area contributed by atoms with Gasteiger partial charge in [-0.1, -0.05) is 53.5 Å². The molecule has 31 heavy (non-hydrogen) atoms. The van der Waals surface area contributed by atoms with Crippen LogP contribution in [0, 0.1) is 0 Å². The molecule has 5 nitrogen and oxygen atoms in total. The molecule has 0 fully saturated rings. The molecular weight excluding hydrogens is 435 g/mol. The van der Waals surface area contributed by atoms with Crippen molar-refractivity contribution in [2.24, 2.45) is 0 Å². The van der Waals surface area contributed by atoms with E-state index in [9.17, 15) is 0 Å². The van der Waals surface area contributed by atoms with E-state index in [1.807, 2.05) is 36.4 Å². The van der Waals surface area contributed by atoms with Crippen LogP contribution in [0.4, 0.5) is 5.69 Å². The second kappa shape index (κ2) is 9.94. The average molecular weight is 457 g/mol.